The molecule has 29 heavy (non-hydrogen) atoms. The fraction of sp³-hybridized carbons (Fsp3) is 0.391. The van der Waals surface area contributed by atoms with Crippen LogP contribution in [0, 0.1) is 0 Å². The van der Waals surface area contributed by atoms with Gasteiger partial charge >= 0.3 is 6.09 Å². The van der Waals surface area contributed by atoms with E-state index in [1.807, 2.05) is 54.6 Å². The van der Waals surface area contributed by atoms with Crippen LogP contribution in [0.15, 0.2) is 54.6 Å². The molecule has 0 atom stereocenters. The molecular weight excluding hydrogens is 368 g/mol. The highest BCUT2D eigenvalue weighted by Gasteiger charge is 2.21. The Morgan fingerprint density at radius 3 is 2.21 bits per heavy atom. The van der Waals surface area contributed by atoms with E-state index in [-0.39, 0.29) is 12.5 Å². The van der Waals surface area contributed by atoms with Crippen LogP contribution in [-0.2, 0) is 34.0 Å². The Labute approximate surface area is 172 Å². The first-order chi connectivity index (χ1) is 13.7. The summed E-state index contributed by atoms with van der Waals surface area (Å²) >= 11 is 0. The van der Waals surface area contributed by atoms with Gasteiger partial charge in [-0.2, -0.15) is 0 Å². The molecule has 2 amide bonds. The fourth-order valence-corrected chi connectivity index (χ4v) is 2.59. The van der Waals surface area contributed by atoms with E-state index in [0.29, 0.717) is 19.8 Å². The van der Waals surface area contributed by atoms with Gasteiger partial charge in [-0.05, 0) is 37.5 Å². The van der Waals surface area contributed by atoms with Crippen molar-refractivity contribution in [2.24, 2.45) is 0 Å². The number of carbonyl (C=O) groups is 2. The Balaban J connectivity index is 1.82. The number of amides is 2. The lowest BCUT2D eigenvalue weighted by atomic mass is 10.1. The number of rotatable bonds is 8. The first kappa shape index (κ1) is 22.4. The summed E-state index contributed by atoms with van der Waals surface area (Å²) in [4.78, 5) is 25.4. The summed E-state index contributed by atoms with van der Waals surface area (Å²) in [6, 6.07) is 17.8. The fourth-order valence-electron chi connectivity index (χ4n) is 2.59. The second kappa shape index (κ2) is 10.6. The third-order valence-corrected chi connectivity index (χ3v) is 4.05. The van der Waals surface area contributed by atoms with Crippen LogP contribution in [-0.4, -0.2) is 36.1 Å². The summed E-state index contributed by atoms with van der Waals surface area (Å²) in [7, 11) is 1.54. The highest BCUT2D eigenvalue weighted by Crippen LogP contribution is 2.12. The van der Waals surface area contributed by atoms with Crippen molar-refractivity contribution in [1.29, 1.82) is 0 Å². The van der Waals surface area contributed by atoms with Crippen molar-refractivity contribution in [3.8, 4) is 0 Å². The van der Waals surface area contributed by atoms with Crippen LogP contribution in [0.25, 0.3) is 0 Å². The van der Waals surface area contributed by atoms with Gasteiger partial charge in [0.1, 0.15) is 12.1 Å². The number of hydrogen-bond acceptors (Lipinski definition) is 4. The summed E-state index contributed by atoms with van der Waals surface area (Å²) in [5.74, 6) is -0.252. The molecular formula is C23H30N2O4. The minimum atomic E-state index is -0.597. The summed E-state index contributed by atoms with van der Waals surface area (Å²) in [5.41, 5.74) is 2.52. The maximum atomic E-state index is 12.2. The van der Waals surface area contributed by atoms with Gasteiger partial charge in [-0.25, -0.2) is 4.79 Å². The Kier molecular flexibility index (Phi) is 8.21. The Morgan fingerprint density at radius 2 is 1.55 bits per heavy atom. The van der Waals surface area contributed by atoms with E-state index in [9.17, 15) is 9.59 Å². The third-order valence-electron chi connectivity index (χ3n) is 4.05. The first-order valence-corrected chi connectivity index (χ1v) is 9.64. The number of likely N-dealkylation sites (N-methyl/N-ethyl adjacent to an activating group) is 1. The van der Waals surface area contributed by atoms with Crippen LogP contribution >= 0.6 is 0 Å². The summed E-state index contributed by atoms with van der Waals surface area (Å²) in [6.07, 6.45) is -0.526. The molecule has 6 heteroatoms. The summed E-state index contributed by atoms with van der Waals surface area (Å²) in [5, 5.41) is 2.85. The molecule has 0 aliphatic rings. The summed E-state index contributed by atoms with van der Waals surface area (Å²) in [6.45, 7) is 6.65. The molecule has 0 fully saturated rings. The number of nitrogens with one attached hydrogen (secondary N) is 1. The normalized spacial score (nSPS) is 11.0. The zero-order chi connectivity index (χ0) is 21.3. The van der Waals surface area contributed by atoms with Crippen LogP contribution in [0.4, 0.5) is 4.79 Å². The minimum Gasteiger partial charge on any atom is -0.444 e. The van der Waals surface area contributed by atoms with Crippen LogP contribution in [0.3, 0.4) is 0 Å². The van der Waals surface area contributed by atoms with Gasteiger partial charge in [0.05, 0.1) is 13.2 Å². The summed E-state index contributed by atoms with van der Waals surface area (Å²) < 4.78 is 11.1. The molecule has 2 aromatic carbocycles. The van der Waals surface area contributed by atoms with E-state index in [0.717, 1.165) is 16.7 Å². The molecule has 0 saturated heterocycles. The molecule has 0 spiro atoms. The Bertz CT molecular complexity index is 800. The molecule has 0 aromatic heterocycles. The van der Waals surface area contributed by atoms with E-state index in [2.05, 4.69) is 5.32 Å². The average molecular weight is 399 g/mol. The zero-order valence-electron chi connectivity index (χ0n) is 17.6. The lowest BCUT2D eigenvalue weighted by Gasteiger charge is -2.24. The topological polar surface area (TPSA) is 67.9 Å². The van der Waals surface area contributed by atoms with Gasteiger partial charge in [0, 0.05) is 13.6 Å². The maximum Gasteiger partial charge on any atom is 0.410 e. The highest BCUT2D eigenvalue weighted by molar-refractivity contribution is 5.82. The molecule has 0 aliphatic heterocycles. The number of nitrogens with zero attached hydrogens (tertiary/aromatic N) is 1. The highest BCUT2D eigenvalue weighted by atomic mass is 16.6. The van der Waals surface area contributed by atoms with E-state index in [4.69, 9.17) is 9.47 Å². The molecule has 156 valence electrons. The van der Waals surface area contributed by atoms with Crippen molar-refractivity contribution in [2.75, 3.05) is 13.6 Å². The third kappa shape index (κ3) is 8.35. The maximum absolute atomic E-state index is 12.2. The van der Waals surface area contributed by atoms with Gasteiger partial charge in [-0.1, -0.05) is 54.6 Å². The number of ether oxygens (including phenoxy) is 2. The van der Waals surface area contributed by atoms with Crippen molar-refractivity contribution in [3.63, 3.8) is 0 Å². The second-order valence-electron chi connectivity index (χ2n) is 7.86. The smallest absolute Gasteiger partial charge is 0.410 e. The van der Waals surface area contributed by atoms with Crippen LogP contribution < -0.4 is 5.32 Å². The van der Waals surface area contributed by atoms with Gasteiger partial charge in [-0.3, -0.25) is 4.79 Å². The predicted molar refractivity (Wildman–Crippen MR) is 112 cm³/mol. The van der Waals surface area contributed by atoms with Gasteiger partial charge < -0.3 is 19.7 Å². The molecule has 1 N–H and O–H groups in total. The van der Waals surface area contributed by atoms with Crippen molar-refractivity contribution >= 4 is 12.0 Å². The average Bonchev–Trinajstić information content (AvgIpc) is 2.66. The van der Waals surface area contributed by atoms with Gasteiger partial charge in [0.2, 0.25) is 5.91 Å². The SMILES string of the molecule is CN(CC(=O)NCc1ccccc1COCc1ccccc1)C(=O)OC(C)(C)C. The van der Waals surface area contributed by atoms with Crippen LogP contribution in [0.1, 0.15) is 37.5 Å². The molecule has 2 rings (SSSR count). The zero-order valence-corrected chi connectivity index (χ0v) is 17.6. The van der Waals surface area contributed by atoms with E-state index in [1.54, 1.807) is 27.8 Å². The van der Waals surface area contributed by atoms with E-state index in [1.165, 1.54) is 4.90 Å². The minimum absolute atomic E-state index is 0.0679. The van der Waals surface area contributed by atoms with Crippen molar-refractivity contribution in [1.82, 2.24) is 10.2 Å². The number of hydrogen-bond donors (Lipinski definition) is 1. The molecule has 2 aromatic rings. The standard InChI is InChI=1S/C23H30N2O4/c1-23(2,3)29-22(27)25(4)15-21(26)24-14-19-12-8-9-13-20(19)17-28-16-18-10-6-5-7-11-18/h5-13H,14-17H2,1-4H3,(H,24,26). The molecule has 6 nitrogen and oxygen atoms in total. The molecule has 0 saturated carbocycles. The Hall–Kier alpha value is -2.86. The van der Waals surface area contributed by atoms with E-state index >= 15 is 0 Å². The van der Waals surface area contributed by atoms with Crippen molar-refractivity contribution in [3.05, 3.63) is 71.3 Å². The van der Waals surface area contributed by atoms with Gasteiger partial charge in [0.15, 0.2) is 0 Å². The van der Waals surface area contributed by atoms with Crippen LogP contribution in [0.2, 0.25) is 0 Å². The van der Waals surface area contributed by atoms with E-state index < -0.39 is 11.7 Å². The monoisotopic (exact) mass is 398 g/mol. The van der Waals surface area contributed by atoms with Crippen LogP contribution in [0.5, 0.6) is 0 Å². The lowest BCUT2D eigenvalue weighted by molar-refractivity contribution is -0.122. The van der Waals surface area contributed by atoms with Crippen molar-refractivity contribution < 1.29 is 19.1 Å². The molecule has 0 radical (unpaired) electrons. The second-order valence-corrected chi connectivity index (χ2v) is 7.86. The van der Waals surface area contributed by atoms with Gasteiger partial charge in [0.25, 0.3) is 0 Å². The largest absolute Gasteiger partial charge is 0.444 e. The Morgan fingerprint density at radius 1 is 0.931 bits per heavy atom. The molecule has 0 heterocycles. The quantitative estimate of drug-likeness (QED) is 0.733. The molecule has 0 bridgehead atoms. The lowest BCUT2D eigenvalue weighted by Crippen LogP contribution is -2.40. The number of benzene rings is 2. The van der Waals surface area contributed by atoms with Crippen molar-refractivity contribution in [2.45, 2.75) is 46.1 Å². The predicted octanol–water partition coefficient (Wildman–Crippen LogP) is 3.89. The molecule has 0 aliphatic carbocycles. The first-order valence-electron chi connectivity index (χ1n) is 9.64. The number of carbonyl (C=O) groups excluding carboxylic acids is 2. The van der Waals surface area contributed by atoms with Gasteiger partial charge in [-0.15, -0.1) is 0 Å². The molecule has 0 unspecified atom stereocenters.